The number of aromatic nitrogens is 1. The van der Waals surface area contributed by atoms with Gasteiger partial charge in [0.2, 0.25) is 0 Å². The summed E-state index contributed by atoms with van der Waals surface area (Å²) in [6.07, 6.45) is 0. The zero-order valence-corrected chi connectivity index (χ0v) is 12.8. The highest BCUT2D eigenvalue weighted by atomic mass is 35.5. The van der Waals surface area contributed by atoms with Crippen LogP contribution in [0.25, 0.3) is 10.9 Å². The van der Waals surface area contributed by atoms with Crippen LogP contribution in [0.2, 0.25) is 5.02 Å². The Kier molecular flexibility index (Phi) is 3.54. The molecule has 0 aliphatic carbocycles. The summed E-state index contributed by atoms with van der Waals surface area (Å²) in [6.45, 7) is 2.42. The minimum atomic E-state index is -0.502. The quantitative estimate of drug-likeness (QED) is 0.777. The number of carbonyl (C=O) groups is 1. The van der Waals surface area contributed by atoms with E-state index in [0.29, 0.717) is 22.5 Å². The van der Waals surface area contributed by atoms with E-state index < -0.39 is 5.91 Å². The van der Waals surface area contributed by atoms with Crippen LogP contribution in [-0.4, -0.2) is 15.6 Å². The predicted molar refractivity (Wildman–Crippen MR) is 87.4 cm³/mol. The van der Waals surface area contributed by atoms with E-state index in [9.17, 15) is 9.90 Å². The zero-order chi connectivity index (χ0) is 15.9. The van der Waals surface area contributed by atoms with Gasteiger partial charge in [-0.05, 0) is 42.8 Å². The number of hydrogen-bond donors (Lipinski definition) is 2. The fraction of sp³-hybridized carbons (Fsp3) is 0.118. The van der Waals surface area contributed by atoms with E-state index in [4.69, 9.17) is 17.3 Å². The van der Waals surface area contributed by atoms with Crippen LogP contribution in [0.15, 0.2) is 42.5 Å². The Labute approximate surface area is 132 Å². The molecule has 0 aliphatic heterocycles. The standard InChI is InChI=1S/C17H15ClN2O2/c1-10-16(17(19)22)14-8-13(21)5-6-15(14)20(10)9-11-3-2-4-12(18)7-11/h2-8,21H,9H2,1H3,(H2,19,22). The molecule has 3 rings (SSSR count). The molecule has 1 aromatic heterocycles. The molecule has 112 valence electrons. The molecule has 3 N–H and O–H groups in total. The van der Waals surface area contributed by atoms with E-state index in [-0.39, 0.29) is 5.75 Å². The van der Waals surface area contributed by atoms with E-state index in [1.54, 1.807) is 18.2 Å². The number of primary amides is 1. The molecule has 0 fully saturated rings. The average Bonchev–Trinajstić information content (AvgIpc) is 2.71. The van der Waals surface area contributed by atoms with Gasteiger partial charge in [0.25, 0.3) is 5.91 Å². The lowest BCUT2D eigenvalue weighted by Gasteiger charge is -2.09. The maximum Gasteiger partial charge on any atom is 0.251 e. The maximum absolute atomic E-state index is 11.8. The van der Waals surface area contributed by atoms with Crippen LogP contribution in [0.3, 0.4) is 0 Å². The lowest BCUT2D eigenvalue weighted by Crippen LogP contribution is -2.13. The molecule has 0 aliphatic rings. The van der Waals surface area contributed by atoms with Gasteiger partial charge in [-0.3, -0.25) is 4.79 Å². The van der Waals surface area contributed by atoms with Crippen molar-refractivity contribution in [1.29, 1.82) is 0 Å². The van der Waals surface area contributed by atoms with Gasteiger partial charge in [0.05, 0.1) is 5.56 Å². The van der Waals surface area contributed by atoms with Crippen molar-refractivity contribution in [3.05, 3.63) is 64.3 Å². The van der Waals surface area contributed by atoms with Gasteiger partial charge in [-0.2, -0.15) is 0 Å². The second-order valence-corrected chi connectivity index (χ2v) is 5.68. The van der Waals surface area contributed by atoms with Crippen LogP contribution >= 0.6 is 11.6 Å². The number of carbonyl (C=O) groups excluding carboxylic acids is 1. The second kappa shape index (κ2) is 5.39. The van der Waals surface area contributed by atoms with Crippen molar-refractivity contribution >= 4 is 28.4 Å². The maximum atomic E-state index is 11.8. The van der Waals surface area contributed by atoms with Gasteiger partial charge in [-0.15, -0.1) is 0 Å². The SMILES string of the molecule is Cc1c(C(N)=O)c2cc(O)ccc2n1Cc1cccc(Cl)c1. The van der Waals surface area contributed by atoms with Gasteiger partial charge >= 0.3 is 0 Å². The van der Waals surface area contributed by atoms with E-state index >= 15 is 0 Å². The lowest BCUT2D eigenvalue weighted by molar-refractivity contribution is 0.100. The molecule has 22 heavy (non-hydrogen) atoms. The number of aromatic hydroxyl groups is 1. The Bertz CT molecular complexity index is 884. The van der Waals surface area contributed by atoms with Gasteiger partial charge in [0, 0.05) is 28.2 Å². The van der Waals surface area contributed by atoms with Crippen LogP contribution in [0.5, 0.6) is 5.75 Å². The minimum Gasteiger partial charge on any atom is -0.508 e. The summed E-state index contributed by atoms with van der Waals surface area (Å²) in [5.41, 5.74) is 8.59. The second-order valence-electron chi connectivity index (χ2n) is 5.24. The van der Waals surface area contributed by atoms with Crippen molar-refractivity contribution in [3.63, 3.8) is 0 Å². The molecule has 2 aromatic carbocycles. The molecule has 1 heterocycles. The average molecular weight is 315 g/mol. The number of amides is 1. The van der Waals surface area contributed by atoms with Crippen molar-refractivity contribution in [1.82, 2.24) is 4.57 Å². The van der Waals surface area contributed by atoms with Crippen molar-refractivity contribution < 1.29 is 9.90 Å². The fourth-order valence-corrected chi connectivity index (χ4v) is 3.02. The van der Waals surface area contributed by atoms with Crippen LogP contribution in [0, 0.1) is 6.92 Å². The Morgan fingerprint density at radius 1 is 1.27 bits per heavy atom. The van der Waals surface area contributed by atoms with Gasteiger partial charge in [-0.25, -0.2) is 0 Å². The molecule has 0 bridgehead atoms. The number of halogens is 1. The fourth-order valence-electron chi connectivity index (χ4n) is 2.80. The summed E-state index contributed by atoms with van der Waals surface area (Å²) >= 11 is 6.03. The molecule has 0 saturated carbocycles. The van der Waals surface area contributed by atoms with Crippen molar-refractivity contribution in [3.8, 4) is 5.75 Å². The van der Waals surface area contributed by atoms with Gasteiger partial charge in [-0.1, -0.05) is 23.7 Å². The number of phenols is 1. The normalized spacial score (nSPS) is 11.0. The number of rotatable bonds is 3. The summed E-state index contributed by atoms with van der Waals surface area (Å²) in [6, 6.07) is 12.5. The Hall–Kier alpha value is -2.46. The van der Waals surface area contributed by atoms with Crippen LogP contribution in [0.4, 0.5) is 0 Å². The number of hydrogen-bond acceptors (Lipinski definition) is 2. The molecular weight excluding hydrogens is 300 g/mol. The molecule has 0 saturated heterocycles. The van der Waals surface area contributed by atoms with E-state index in [2.05, 4.69) is 0 Å². The van der Waals surface area contributed by atoms with Crippen molar-refractivity contribution in [2.45, 2.75) is 13.5 Å². The Balaban J connectivity index is 2.21. The highest BCUT2D eigenvalue weighted by Crippen LogP contribution is 2.29. The molecule has 1 amide bonds. The lowest BCUT2D eigenvalue weighted by atomic mass is 10.1. The third-order valence-corrected chi connectivity index (χ3v) is 4.02. The van der Waals surface area contributed by atoms with Gasteiger partial charge in [0.15, 0.2) is 0 Å². The monoisotopic (exact) mass is 314 g/mol. The van der Waals surface area contributed by atoms with Crippen LogP contribution in [0.1, 0.15) is 21.6 Å². The van der Waals surface area contributed by atoms with Crippen molar-refractivity contribution in [2.75, 3.05) is 0 Å². The predicted octanol–water partition coefficient (Wildman–Crippen LogP) is 3.46. The number of benzene rings is 2. The topological polar surface area (TPSA) is 68.2 Å². The van der Waals surface area contributed by atoms with E-state index in [0.717, 1.165) is 16.8 Å². The largest absolute Gasteiger partial charge is 0.508 e. The number of phenolic OH excluding ortho intramolecular Hbond substituents is 1. The molecule has 0 atom stereocenters. The highest BCUT2D eigenvalue weighted by Gasteiger charge is 2.18. The van der Waals surface area contributed by atoms with Crippen LogP contribution in [-0.2, 0) is 6.54 Å². The number of nitrogens with two attached hydrogens (primary N) is 1. The Morgan fingerprint density at radius 2 is 2.05 bits per heavy atom. The molecule has 4 nitrogen and oxygen atoms in total. The molecule has 3 aromatic rings. The minimum absolute atomic E-state index is 0.106. The molecule has 0 radical (unpaired) electrons. The smallest absolute Gasteiger partial charge is 0.251 e. The number of fused-ring (bicyclic) bond motifs is 1. The zero-order valence-electron chi connectivity index (χ0n) is 12.0. The van der Waals surface area contributed by atoms with E-state index in [1.165, 1.54) is 0 Å². The number of nitrogens with zero attached hydrogens (tertiary/aromatic N) is 1. The summed E-state index contributed by atoms with van der Waals surface area (Å²) in [5, 5.41) is 11.0. The first-order valence-corrected chi connectivity index (χ1v) is 7.21. The molecular formula is C17H15ClN2O2. The summed E-state index contributed by atoms with van der Waals surface area (Å²) in [7, 11) is 0. The molecule has 5 heteroatoms. The van der Waals surface area contributed by atoms with Crippen LogP contribution < -0.4 is 5.73 Å². The molecule has 0 spiro atoms. The summed E-state index contributed by atoms with van der Waals surface area (Å²) in [5.74, 6) is -0.396. The summed E-state index contributed by atoms with van der Waals surface area (Å²) in [4.78, 5) is 11.8. The van der Waals surface area contributed by atoms with Gasteiger partial charge in [0.1, 0.15) is 5.75 Å². The van der Waals surface area contributed by atoms with Crippen molar-refractivity contribution in [2.24, 2.45) is 5.73 Å². The Morgan fingerprint density at radius 3 is 2.73 bits per heavy atom. The summed E-state index contributed by atoms with van der Waals surface area (Å²) < 4.78 is 2.00. The highest BCUT2D eigenvalue weighted by molar-refractivity contribution is 6.30. The first kappa shape index (κ1) is 14.5. The third kappa shape index (κ3) is 2.42. The van der Waals surface area contributed by atoms with Gasteiger partial charge < -0.3 is 15.4 Å². The molecule has 0 unspecified atom stereocenters. The third-order valence-electron chi connectivity index (χ3n) is 3.78. The first-order valence-electron chi connectivity index (χ1n) is 6.83. The van der Waals surface area contributed by atoms with E-state index in [1.807, 2.05) is 35.8 Å². The first-order chi connectivity index (χ1) is 10.5.